The minimum atomic E-state index is 0.147. The number of hydrogen-bond acceptors (Lipinski definition) is 3. The van der Waals surface area contributed by atoms with Crippen LogP contribution >= 0.6 is 11.8 Å². The van der Waals surface area contributed by atoms with Gasteiger partial charge in [0.1, 0.15) is 0 Å². The van der Waals surface area contributed by atoms with Gasteiger partial charge in [-0.1, -0.05) is 19.1 Å². The smallest absolute Gasteiger partial charge is 0.256 e. The molecule has 1 aromatic carbocycles. The first kappa shape index (κ1) is 15.2. The van der Waals surface area contributed by atoms with Gasteiger partial charge in [-0.2, -0.15) is 11.8 Å². The lowest BCUT2D eigenvalue weighted by atomic mass is 10.1. The minimum Gasteiger partial charge on any atom is -0.382 e. The lowest BCUT2D eigenvalue weighted by Gasteiger charge is -2.38. The van der Waals surface area contributed by atoms with E-state index in [-0.39, 0.29) is 11.9 Å². The third kappa shape index (κ3) is 3.29. The predicted molar refractivity (Wildman–Crippen MR) is 87.6 cm³/mol. The highest BCUT2D eigenvalue weighted by Crippen LogP contribution is 2.27. The molecule has 0 saturated carbocycles. The van der Waals surface area contributed by atoms with E-state index >= 15 is 0 Å². The van der Waals surface area contributed by atoms with E-state index in [9.17, 15) is 4.79 Å². The lowest BCUT2D eigenvalue weighted by Crippen LogP contribution is -2.48. The number of benzene rings is 1. The summed E-state index contributed by atoms with van der Waals surface area (Å²) in [5.41, 5.74) is 1.72. The maximum Gasteiger partial charge on any atom is 0.256 e. The van der Waals surface area contributed by atoms with Gasteiger partial charge in [0.05, 0.1) is 5.56 Å². The molecule has 1 amide bonds. The molecule has 3 nitrogen and oxygen atoms in total. The number of nitrogens with one attached hydrogen (secondary N) is 1. The number of nitrogens with zero attached hydrogens (tertiary/aromatic N) is 1. The molecule has 1 fully saturated rings. The lowest BCUT2D eigenvalue weighted by molar-refractivity contribution is 0.0699. The normalized spacial score (nSPS) is 22.9. The summed E-state index contributed by atoms with van der Waals surface area (Å²) in [5.74, 6) is 1.17. The summed E-state index contributed by atoms with van der Waals surface area (Å²) in [4.78, 5) is 14.9. The zero-order valence-electron chi connectivity index (χ0n) is 12.7. The second-order valence-corrected chi connectivity index (χ2v) is 7.14. The number of thioether (sulfide) groups is 1. The second kappa shape index (κ2) is 6.53. The minimum absolute atomic E-state index is 0.147. The molecule has 4 heteroatoms. The standard InChI is InChI=1S/C16H24N2OS/c1-11(2)17-15-8-6-5-7-14(15)16(19)18-9-10-20-13(4)12(18)3/h5-8,11-13,17H,9-10H2,1-4H3. The summed E-state index contributed by atoms with van der Waals surface area (Å²) < 4.78 is 0. The Labute approximate surface area is 126 Å². The average Bonchev–Trinajstić information content (AvgIpc) is 2.41. The first-order valence-corrected chi connectivity index (χ1v) is 8.33. The van der Waals surface area contributed by atoms with E-state index < -0.39 is 0 Å². The summed E-state index contributed by atoms with van der Waals surface area (Å²) in [6.45, 7) is 9.36. The number of carbonyl (C=O) groups is 1. The van der Waals surface area contributed by atoms with Gasteiger partial charge in [-0.15, -0.1) is 0 Å². The topological polar surface area (TPSA) is 32.3 Å². The van der Waals surface area contributed by atoms with Crippen molar-refractivity contribution in [3.8, 4) is 0 Å². The van der Waals surface area contributed by atoms with Crippen molar-refractivity contribution in [3.63, 3.8) is 0 Å². The highest BCUT2D eigenvalue weighted by molar-refractivity contribution is 8.00. The molecule has 20 heavy (non-hydrogen) atoms. The van der Waals surface area contributed by atoms with Gasteiger partial charge in [0.2, 0.25) is 0 Å². The van der Waals surface area contributed by atoms with Crippen LogP contribution in [0.5, 0.6) is 0 Å². The number of para-hydroxylation sites is 1. The molecule has 1 N–H and O–H groups in total. The first-order chi connectivity index (χ1) is 9.50. The fourth-order valence-electron chi connectivity index (χ4n) is 2.48. The van der Waals surface area contributed by atoms with Crippen molar-refractivity contribution in [3.05, 3.63) is 29.8 Å². The van der Waals surface area contributed by atoms with E-state index in [1.165, 1.54) is 0 Å². The second-order valence-electron chi connectivity index (χ2n) is 5.66. The van der Waals surface area contributed by atoms with E-state index in [1.54, 1.807) is 0 Å². The fourth-order valence-corrected chi connectivity index (χ4v) is 3.58. The van der Waals surface area contributed by atoms with Crippen LogP contribution < -0.4 is 5.32 Å². The number of carbonyl (C=O) groups excluding carboxylic acids is 1. The van der Waals surface area contributed by atoms with Crippen LogP contribution in [0.4, 0.5) is 5.69 Å². The van der Waals surface area contributed by atoms with E-state index in [4.69, 9.17) is 0 Å². The zero-order valence-corrected chi connectivity index (χ0v) is 13.5. The molecule has 1 heterocycles. The van der Waals surface area contributed by atoms with Crippen molar-refractivity contribution in [2.75, 3.05) is 17.6 Å². The Kier molecular flexibility index (Phi) is 4.97. The van der Waals surface area contributed by atoms with Crippen molar-refractivity contribution in [1.29, 1.82) is 0 Å². The molecular formula is C16H24N2OS. The first-order valence-electron chi connectivity index (χ1n) is 7.29. The Balaban J connectivity index is 2.24. The fraction of sp³-hybridized carbons (Fsp3) is 0.562. The van der Waals surface area contributed by atoms with Gasteiger partial charge < -0.3 is 10.2 Å². The van der Waals surface area contributed by atoms with Crippen LogP contribution in [-0.2, 0) is 0 Å². The molecule has 0 aliphatic carbocycles. The number of hydrogen-bond donors (Lipinski definition) is 1. The van der Waals surface area contributed by atoms with Crippen LogP contribution in [-0.4, -0.2) is 40.4 Å². The van der Waals surface area contributed by atoms with Crippen LogP contribution in [0.2, 0.25) is 0 Å². The highest BCUT2D eigenvalue weighted by Gasteiger charge is 2.30. The van der Waals surface area contributed by atoms with Gasteiger partial charge in [-0.05, 0) is 32.9 Å². The molecule has 2 rings (SSSR count). The molecule has 1 aliphatic heterocycles. The Morgan fingerprint density at radius 2 is 2.05 bits per heavy atom. The summed E-state index contributed by atoms with van der Waals surface area (Å²) in [7, 11) is 0. The quantitative estimate of drug-likeness (QED) is 0.926. The molecule has 0 bridgehead atoms. The molecule has 2 unspecified atom stereocenters. The largest absolute Gasteiger partial charge is 0.382 e. The molecule has 0 spiro atoms. The molecule has 1 saturated heterocycles. The van der Waals surface area contributed by atoms with Crippen LogP contribution in [0.25, 0.3) is 0 Å². The molecule has 1 aromatic rings. The number of rotatable bonds is 3. The van der Waals surface area contributed by atoms with Crippen molar-refractivity contribution in [2.45, 2.75) is 45.0 Å². The van der Waals surface area contributed by atoms with Gasteiger partial charge in [-0.3, -0.25) is 4.79 Å². The number of amides is 1. The van der Waals surface area contributed by atoms with Gasteiger partial charge in [-0.25, -0.2) is 0 Å². The summed E-state index contributed by atoms with van der Waals surface area (Å²) in [6.07, 6.45) is 0. The van der Waals surface area contributed by atoms with Crippen LogP contribution in [0.1, 0.15) is 38.1 Å². The van der Waals surface area contributed by atoms with Gasteiger partial charge in [0.25, 0.3) is 5.91 Å². The van der Waals surface area contributed by atoms with Crippen LogP contribution in [0.3, 0.4) is 0 Å². The molecule has 0 aromatic heterocycles. The van der Waals surface area contributed by atoms with E-state index in [0.29, 0.717) is 11.3 Å². The summed E-state index contributed by atoms with van der Waals surface area (Å²) in [5, 5.41) is 3.86. The monoisotopic (exact) mass is 292 g/mol. The van der Waals surface area contributed by atoms with Crippen molar-refractivity contribution in [1.82, 2.24) is 4.90 Å². The molecule has 110 valence electrons. The van der Waals surface area contributed by atoms with Crippen molar-refractivity contribution >= 4 is 23.4 Å². The predicted octanol–water partition coefficient (Wildman–Crippen LogP) is 3.47. The van der Waals surface area contributed by atoms with Crippen molar-refractivity contribution < 1.29 is 4.79 Å². The average molecular weight is 292 g/mol. The summed E-state index contributed by atoms with van der Waals surface area (Å²) >= 11 is 1.95. The maximum absolute atomic E-state index is 12.8. The Hall–Kier alpha value is -1.16. The molecule has 1 aliphatic rings. The zero-order chi connectivity index (χ0) is 14.7. The molecule has 2 atom stereocenters. The van der Waals surface area contributed by atoms with Crippen LogP contribution in [0.15, 0.2) is 24.3 Å². The van der Waals surface area contributed by atoms with Gasteiger partial charge in [0.15, 0.2) is 0 Å². The maximum atomic E-state index is 12.8. The third-order valence-corrected chi connectivity index (χ3v) is 5.08. The van der Waals surface area contributed by atoms with Gasteiger partial charge >= 0.3 is 0 Å². The Morgan fingerprint density at radius 3 is 2.75 bits per heavy atom. The van der Waals surface area contributed by atoms with E-state index in [2.05, 4.69) is 33.0 Å². The Bertz CT molecular complexity index is 475. The van der Waals surface area contributed by atoms with Crippen molar-refractivity contribution in [2.24, 2.45) is 0 Å². The summed E-state index contributed by atoms with van der Waals surface area (Å²) in [6, 6.07) is 8.42. The third-order valence-electron chi connectivity index (χ3n) is 3.75. The molecule has 0 radical (unpaired) electrons. The highest BCUT2D eigenvalue weighted by atomic mass is 32.2. The van der Waals surface area contributed by atoms with E-state index in [0.717, 1.165) is 23.5 Å². The van der Waals surface area contributed by atoms with Gasteiger partial charge in [0, 0.05) is 35.3 Å². The Morgan fingerprint density at radius 1 is 1.35 bits per heavy atom. The molecular weight excluding hydrogens is 268 g/mol. The number of anilines is 1. The SMILES string of the molecule is CC(C)Nc1ccccc1C(=O)N1CCSC(C)C1C. The van der Waals surface area contributed by atoms with E-state index in [1.807, 2.05) is 40.9 Å². The van der Waals surface area contributed by atoms with Crippen LogP contribution in [0, 0.1) is 0 Å².